The first-order valence-electron chi connectivity index (χ1n) is 5.37. The Balaban J connectivity index is 2.16. The lowest BCUT2D eigenvalue weighted by Crippen LogP contribution is -1.99. The molecule has 2 nitrogen and oxygen atoms in total. The molecule has 0 aliphatic carbocycles. The van der Waals surface area contributed by atoms with Gasteiger partial charge in [0.1, 0.15) is 0 Å². The van der Waals surface area contributed by atoms with Crippen molar-refractivity contribution >= 4 is 11.6 Å². The molecule has 0 bridgehead atoms. The van der Waals surface area contributed by atoms with Gasteiger partial charge >= 0.3 is 0 Å². The van der Waals surface area contributed by atoms with Gasteiger partial charge in [-0.25, -0.2) is 4.39 Å². The number of nitrogens with zero attached hydrogens (tertiary/aromatic N) is 1. The summed E-state index contributed by atoms with van der Waals surface area (Å²) in [7, 11) is 0. The molecule has 1 aromatic carbocycles. The first-order valence-corrected chi connectivity index (χ1v) is 5.75. The maximum Gasteiger partial charge on any atom is 0.150 e. The number of nitrogens with one attached hydrogen (secondary N) is 1. The predicted octanol–water partition coefficient (Wildman–Crippen LogP) is 3.14. The Morgan fingerprint density at radius 2 is 2.00 bits per heavy atom. The Labute approximate surface area is 103 Å². The molecule has 2 heterocycles. The SMILES string of the molecule is Fc1cncc(Cl)c1-c1ccc2c(c1)CNC2. The van der Waals surface area contributed by atoms with E-state index in [-0.39, 0.29) is 5.82 Å². The highest BCUT2D eigenvalue weighted by Gasteiger charge is 2.14. The molecule has 0 spiro atoms. The zero-order chi connectivity index (χ0) is 11.8. The fourth-order valence-electron chi connectivity index (χ4n) is 2.14. The van der Waals surface area contributed by atoms with Crippen LogP contribution in [0.25, 0.3) is 11.1 Å². The van der Waals surface area contributed by atoms with Crippen LogP contribution in [0.2, 0.25) is 5.02 Å². The molecule has 1 aromatic heterocycles. The molecule has 0 atom stereocenters. The summed E-state index contributed by atoms with van der Waals surface area (Å²) in [6.07, 6.45) is 2.65. The largest absolute Gasteiger partial charge is 0.309 e. The molecule has 0 saturated heterocycles. The Morgan fingerprint density at radius 1 is 1.18 bits per heavy atom. The zero-order valence-corrected chi connectivity index (χ0v) is 9.76. The Morgan fingerprint density at radius 3 is 2.82 bits per heavy atom. The van der Waals surface area contributed by atoms with Crippen molar-refractivity contribution in [1.29, 1.82) is 0 Å². The van der Waals surface area contributed by atoms with Gasteiger partial charge < -0.3 is 5.32 Å². The van der Waals surface area contributed by atoms with E-state index in [1.54, 1.807) is 0 Å². The summed E-state index contributed by atoms with van der Waals surface area (Å²) in [6, 6.07) is 5.90. The first-order chi connectivity index (χ1) is 8.25. The van der Waals surface area contributed by atoms with E-state index in [9.17, 15) is 4.39 Å². The number of aromatic nitrogens is 1. The Hall–Kier alpha value is -1.45. The highest BCUT2D eigenvalue weighted by Crippen LogP contribution is 2.31. The van der Waals surface area contributed by atoms with Crippen LogP contribution in [0, 0.1) is 5.82 Å². The minimum Gasteiger partial charge on any atom is -0.309 e. The van der Waals surface area contributed by atoms with Gasteiger partial charge in [0.25, 0.3) is 0 Å². The molecule has 2 aromatic rings. The molecule has 1 aliphatic rings. The minimum absolute atomic E-state index is 0.343. The van der Waals surface area contributed by atoms with E-state index >= 15 is 0 Å². The number of halogens is 2. The van der Waals surface area contributed by atoms with Crippen LogP contribution >= 0.6 is 11.6 Å². The maximum atomic E-state index is 13.7. The average molecular weight is 249 g/mol. The third kappa shape index (κ3) is 1.81. The second-order valence-corrected chi connectivity index (χ2v) is 4.47. The summed E-state index contributed by atoms with van der Waals surface area (Å²) in [5, 5.41) is 3.60. The molecule has 0 amide bonds. The van der Waals surface area contributed by atoms with Crippen molar-refractivity contribution in [2.24, 2.45) is 0 Å². The fourth-order valence-corrected chi connectivity index (χ4v) is 2.39. The van der Waals surface area contributed by atoms with Gasteiger partial charge in [-0.15, -0.1) is 0 Å². The van der Waals surface area contributed by atoms with Crippen LogP contribution in [-0.2, 0) is 13.1 Å². The zero-order valence-electron chi connectivity index (χ0n) is 9.00. The van der Waals surface area contributed by atoms with Crippen molar-refractivity contribution in [3.05, 3.63) is 52.6 Å². The summed E-state index contributed by atoms with van der Waals surface area (Å²) >= 11 is 6.00. The molecule has 3 rings (SSSR count). The molecular weight excluding hydrogens is 239 g/mol. The van der Waals surface area contributed by atoms with Crippen LogP contribution in [0.4, 0.5) is 4.39 Å². The third-order valence-corrected chi connectivity index (χ3v) is 3.27. The maximum absolute atomic E-state index is 13.7. The number of hydrogen-bond donors (Lipinski definition) is 1. The van der Waals surface area contributed by atoms with Gasteiger partial charge in [-0.1, -0.05) is 23.7 Å². The highest BCUT2D eigenvalue weighted by atomic mass is 35.5. The van der Waals surface area contributed by atoms with Gasteiger partial charge in [0.05, 0.1) is 11.2 Å². The van der Waals surface area contributed by atoms with E-state index in [0.717, 1.165) is 18.7 Å². The van der Waals surface area contributed by atoms with Gasteiger partial charge in [-0.05, 0) is 22.8 Å². The average Bonchev–Trinajstić information content (AvgIpc) is 2.76. The quantitative estimate of drug-likeness (QED) is 0.839. The van der Waals surface area contributed by atoms with Crippen LogP contribution in [0.15, 0.2) is 30.6 Å². The summed E-state index contributed by atoms with van der Waals surface area (Å²) in [5.41, 5.74) is 3.70. The fraction of sp³-hybridized carbons (Fsp3) is 0.154. The van der Waals surface area contributed by atoms with Crippen LogP contribution in [0.1, 0.15) is 11.1 Å². The van der Waals surface area contributed by atoms with Crippen LogP contribution in [0.5, 0.6) is 0 Å². The van der Waals surface area contributed by atoms with Crippen molar-refractivity contribution in [3.8, 4) is 11.1 Å². The van der Waals surface area contributed by atoms with Gasteiger partial charge in [0.2, 0.25) is 0 Å². The Bertz CT molecular complexity index is 563. The molecule has 1 N–H and O–H groups in total. The van der Waals surface area contributed by atoms with Crippen molar-refractivity contribution in [2.45, 2.75) is 13.1 Å². The topological polar surface area (TPSA) is 24.9 Å². The molecule has 0 fully saturated rings. The van der Waals surface area contributed by atoms with Crippen molar-refractivity contribution < 1.29 is 4.39 Å². The lowest BCUT2D eigenvalue weighted by Gasteiger charge is -2.07. The Kier molecular flexibility index (Phi) is 2.57. The third-order valence-electron chi connectivity index (χ3n) is 2.98. The second kappa shape index (κ2) is 4.09. The van der Waals surface area contributed by atoms with E-state index in [2.05, 4.69) is 10.3 Å². The van der Waals surface area contributed by atoms with E-state index < -0.39 is 0 Å². The number of benzene rings is 1. The van der Waals surface area contributed by atoms with E-state index in [4.69, 9.17) is 11.6 Å². The van der Waals surface area contributed by atoms with Crippen molar-refractivity contribution in [3.63, 3.8) is 0 Å². The molecule has 4 heteroatoms. The lowest BCUT2D eigenvalue weighted by molar-refractivity contribution is 0.625. The minimum atomic E-state index is -0.386. The van der Waals surface area contributed by atoms with E-state index in [1.165, 1.54) is 23.5 Å². The van der Waals surface area contributed by atoms with E-state index in [0.29, 0.717) is 10.6 Å². The van der Waals surface area contributed by atoms with Crippen molar-refractivity contribution in [1.82, 2.24) is 10.3 Å². The summed E-state index contributed by atoms with van der Waals surface area (Å²) < 4.78 is 13.7. The van der Waals surface area contributed by atoms with Gasteiger partial charge in [0.15, 0.2) is 5.82 Å². The summed E-state index contributed by atoms with van der Waals surface area (Å²) in [5.74, 6) is -0.386. The molecule has 86 valence electrons. The molecule has 0 radical (unpaired) electrons. The number of hydrogen-bond acceptors (Lipinski definition) is 2. The van der Waals surface area contributed by atoms with Crippen molar-refractivity contribution in [2.75, 3.05) is 0 Å². The second-order valence-electron chi connectivity index (χ2n) is 4.07. The van der Waals surface area contributed by atoms with Gasteiger partial charge in [-0.2, -0.15) is 0 Å². The smallest absolute Gasteiger partial charge is 0.150 e. The summed E-state index contributed by atoms with van der Waals surface area (Å²) in [4.78, 5) is 3.72. The summed E-state index contributed by atoms with van der Waals surface area (Å²) in [6.45, 7) is 1.70. The molecular formula is C13H10ClFN2. The van der Waals surface area contributed by atoms with Crippen LogP contribution in [-0.4, -0.2) is 4.98 Å². The van der Waals surface area contributed by atoms with Crippen LogP contribution < -0.4 is 5.32 Å². The number of rotatable bonds is 1. The van der Waals surface area contributed by atoms with Crippen LogP contribution in [0.3, 0.4) is 0 Å². The molecule has 0 saturated carbocycles. The van der Waals surface area contributed by atoms with Gasteiger partial charge in [-0.3, -0.25) is 4.98 Å². The molecule has 0 unspecified atom stereocenters. The number of fused-ring (bicyclic) bond motifs is 1. The standard InChI is InChI=1S/C13H10ClFN2/c14-11-6-17-7-12(15)13(11)8-1-2-9-4-16-5-10(9)3-8/h1-3,6-7,16H,4-5H2. The monoisotopic (exact) mass is 248 g/mol. The highest BCUT2D eigenvalue weighted by molar-refractivity contribution is 6.33. The normalized spacial score (nSPS) is 13.8. The lowest BCUT2D eigenvalue weighted by atomic mass is 10.0. The van der Waals surface area contributed by atoms with E-state index in [1.807, 2.05) is 18.2 Å². The predicted molar refractivity (Wildman–Crippen MR) is 65.2 cm³/mol. The molecule has 1 aliphatic heterocycles. The van der Waals surface area contributed by atoms with Gasteiger partial charge in [0, 0.05) is 24.8 Å². The number of pyridine rings is 1. The first kappa shape index (κ1) is 10.7. The molecule has 17 heavy (non-hydrogen) atoms.